The van der Waals surface area contributed by atoms with Crippen LogP contribution in [0.4, 0.5) is 0 Å². The van der Waals surface area contributed by atoms with Gasteiger partial charge in [-0.15, -0.1) is 0 Å². The molecule has 0 aliphatic carbocycles. The number of nitrogens with two attached hydrogens (primary N) is 1. The molecule has 2 rings (SSSR count). The van der Waals surface area contributed by atoms with Gasteiger partial charge in [-0.2, -0.15) is 0 Å². The minimum Gasteiger partial charge on any atom is -0.395 e. The quantitative estimate of drug-likeness (QED) is 0.894. The summed E-state index contributed by atoms with van der Waals surface area (Å²) in [6, 6.07) is 5.57. The van der Waals surface area contributed by atoms with E-state index >= 15 is 0 Å². The van der Waals surface area contributed by atoms with Crippen LogP contribution in [0.25, 0.3) is 11.0 Å². The number of rotatable bonds is 4. The number of aliphatic hydroxyl groups excluding tert-OH is 1. The van der Waals surface area contributed by atoms with E-state index in [1.54, 1.807) is 0 Å². The number of imidazole rings is 1. The smallest absolute Gasteiger partial charge is 0.111 e. The highest BCUT2D eigenvalue weighted by Crippen LogP contribution is 2.20. The van der Waals surface area contributed by atoms with E-state index < -0.39 is 0 Å². The number of aliphatic hydroxyl groups is 1. The van der Waals surface area contributed by atoms with Gasteiger partial charge in [0.05, 0.1) is 17.6 Å². The van der Waals surface area contributed by atoms with E-state index in [4.69, 9.17) is 22.4 Å². The standard InChI is InChI=1S/C11H14ClN3O.C2H6/c12-8-1-2-10-9(7-8)14-11(3-4-13)15(10)5-6-16;1-2/h1-2,7,16H,3-6,13H2;1-2H3. The minimum atomic E-state index is 0.0889. The summed E-state index contributed by atoms with van der Waals surface area (Å²) < 4.78 is 1.98. The van der Waals surface area contributed by atoms with Crippen LogP contribution in [0.5, 0.6) is 0 Å². The average molecular weight is 270 g/mol. The van der Waals surface area contributed by atoms with Crippen LogP contribution in [-0.2, 0) is 13.0 Å². The third kappa shape index (κ3) is 3.22. The van der Waals surface area contributed by atoms with Crippen molar-refractivity contribution in [2.24, 2.45) is 5.73 Å². The zero-order chi connectivity index (χ0) is 13.5. The second kappa shape index (κ2) is 7.36. The molecule has 0 radical (unpaired) electrons. The fraction of sp³-hybridized carbons (Fsp3) is 0.462. The van der Waals surface area contributed by atoms with Gasteiger partial charge in [-0.05, 0) is 24.7 Å². The highest BCUT2D eigenvalue weighted by Gasteiger charge is 2.09. The first-order valence-electron chi connectivity index (χ1n) is 6.22. The first kappa shape index (κ1) is 15.0. The second-order valence-electron chi connectivity index (χ2n) is 3.57. The summed E-state index contributed by atoms with van der Waals surface area (Å²) in [6.45, 7) is 5.17. The SMILES string of the molecule is CC.NCCc1nc2cc(Cl)ccc2n1CCO. The Labute approximate surface area is 112 Å². The van der Waals surface area contributed by atoms with E-state index in [9.17, 15) is 0 Å². The highest BCUT2D eigenvalue weighted by atomic mass is 35.5. The number of aromatic nitrogens is 2. The van der Waals surface area contributed by atoms with Crippen LogP contribution in [-0.4, -0.2) is 27.8 Å². The molecule has 1 aromatic heterocycles. The molecule has 0 saturated heterocycles. The van der Waals surface area contributed by atoms with Crippen LogP contribution in [0.3, 0.4) is 0 Å². The summed E-state index contributed by atoms with van der Waals surface area (Å²) in [4.78, 5) is 4.47. The van der Waals surface area contributed by atoms with Crippen LogP contribution >= 0.6 is 11.6 Å². The molecule has 1 aromatic carbocycles. The molecule has 0 amide bonds. The Bertz CT molecular complexity index is 496. The lowest BCUT2D eigenvalue weighted by Crippen LogP contribution is -2.11. The number of hydrogen-bond acceptors (Lipinski definition) is 3. The van der Waals surface area contributed by atoms with E-state index in [1.165, 1.54) is 0 Å². The zero-order valence-electron chi connectivity index (χ0n) is 10.9. The van der Waals surface area contributed by atoms with Crippen molar-refractivity contribution >= 4 is 22.6 Å². The molecule has 0 unspecified atom stereocenters. The molecule has 0 saturated carbocycles. The van der Waals surface area contributed by atoms with Gasteiger partial charge in [0, 0.05) is 18.0 Å². The molecule has 5 heteroatoms. The van der Waals surface area contributed by atoms with Crippen molar-refractivity contribution in [3.05, 3.63) is 29.0 Å². The highest BCUT2D eigenvalue weighted by molar-refractivity contribution is 6.31. The lowest BCUT2D eigenvalue weighted by Gasteiger charge is -2.05. The lowest BCUT2D eigenvalue weighted by molar-refractivity contribution is 0.276. The maximum absolute atomic E-state index is 9.04. The van der Waals surface area contributed by atoms with Crippen molar-refractivity contribution in [3.8, 4) is 0 Å². The molecular formula is C13H20ClN3O. The van der Waals surface area contributed by atoms with Gasteiger partial charge in [0.15, 0.2) is 0 Å². The van der Waals surface area contributed by atoms with Crippen LogP contribution in [0, 0.1) is 0 Å². The zero-order valence-corrected chi connectivity index (χ0v) is 11.6. The fourth-order valence-electron chi connectivity index (χ4n) is 1.82. The van der Waals surface area contributed by atoms with Gasteiger partial charge in [-0.1, -0.05) is 25.4 Å². The molecule has 0 bridgehead atoms. The summed E-state index contributed by atoms with van der Waals surface area (Å²) in [7, 11) is 0. The van der Waals surface area contributed by atoms with Crippen molar-refractivity contribution in [1.29, 1.82) is 0 Å². The Morgan fingerprint density at radius 3 is 2.72 bits per heavy atom. The molecule has 100 valence electrons. The van der Waals surface area contributed by atoms with E-state index in [1.807, 2.05) is 36.6 Å². The summed E-state index contributed by atoms with van der Waals surface area (Å²) in [5.74, 6) is 0.897. The van der Waals surface area contributed by atoms with Gasteiger partial charge in [0.25, 0.3) is 0 Å². The van der Waals surface area contributed by atoms with Crippen LogP contribution in [0.15, 0.2) is 18.2 Å². The summed E-state index contributed by atoms with van der Waals surface area (Å²) in [6.07, 6.45) is 0.701. The Morgan fingerprint density at radius 2 is 2.11 bits per heavy atom. The topological polar surface area (TPSA) is 64.1 Å². The number of benzene rings is 1. The summed E-state index contributed by atoms with van der Waals surface area (Å²) in [5, 5.41) is 9.71. The predicted molar refractivity (Wildman–Crippen MR) is 75.9 cm³/mol. The van der Waals surface area contributed by atoms with Gasteiger partial charge in [0.2, 0.25) is 0 Å². The number of nitrogens with zero attached hydrogens (tertiary/aromatic N) is 2. The van der Waals surface area contributed by atoms with Gasteiger partial charge in [0.1, 0.15) is 5.82 Å². The van der Waals surface area contributed by atoms with Crippen LogP contribution in [0.1, 0.15) is 19.7 Å². The maximum atomic E-state index is 9.04. The van der Waals surface area contributed by atoms with Crippen LogP contribution in [0.2, 0.25) is 5.02 Å². The van der Waals surface area contributed by atoms with Crippen molar-refractivity contribution in [2.75, 3.05) is 13.2 Å². The van der Waals surface area contributed by atoms with Crippen molar-refractivity contribution in [3.63, 3.8) is 0 Å². The first-order chi connectivity index (χ1) is 8.76. The normalized spacial score (nSPS) is 10.3. The van der Waals surface area contributed by atoms with E-state index in [-0.39, 0.29) is 6.61 Å². The van der Waals surface area contributed by atoms with Gasteiger partial charge in [-0.25, -0.2) is 4.98 Å². The average Bonchev–Trinajstić information content (AvgIpc) is 2.70. The van der Waals surface area contributed by atoms with Crippen molar-refractivity contribution in [2.45, 2.75) is 26.8 Å². The lowest BCUT2D eigenvalue weighted by atomic mass is 10.3. The van der Waals surface area contributed by atoms with E-state index in [0.717, 1.165) is 16.9 Å². The molecule has 0 aliphatic rings. The number of fused-ring (bicyclic) bond motifs is 1. The third-order valence-electron chi connectivity index (χ3n) is 2.48. The maximum Gasteiger partial charge on any atom is 0.111 e. The Morgan fingerprint density at radius 1 is 1.39 bits per heavy atom. The molecule has 0 spiro atoms. The summed E-state index contributed by atoms with van der Waals surface area (Å²) >= 11 is 5.91. The molecule has 2 aromatic rings. The second-order valence-corrected chi connectivity index (χ2v) is 4.01. The molecule has 0 atom stereocenters. The molecule has 0 aliphatic heterocycles. The molecular weight excluding hydrogens is 250 g/mol. The number of halogens is 1. The Balaban J connectivity index is 0.000000771. The minimum absolute atomic E-state index is 0.0889. The van der Waals surface area contributed by atoms with Gasteiger partial charge < -0.3 is 15.4 Å². The van der Waals surface area contributed by atoms with E-state index in [0.29, 0.717) is 24.5 Å². The monoisotopic (exact) mass is 269 g/mol. The summed E-state index contributed by atoms with van der Waals surface area (Å²) in [5.41, 5.74) is 7.37. The van der Waals surface area contributed by atoms with Crippen LogP contribution < -0.4 is 5.73 Å². The molecule has 1 heterocycles. The van der Waals surface area contributed by atoms with Gasteiger partial charge in [-0.3, -0.25) is 0 Å². The van der Waals surface area contributed by atoms with Crippen molar-refractivity contribution in [1.82, 2.24) is 9.55 Å². The molecule has 0 fully saturated rings. The third-order valence-corrected chi connectivity index (χ3v) is 2.72. The number of hydrogen-bond donors (Lipinski definition) is 2. The van der Waals surface area contributed by atoms with E-state index in [2.05, 4.69) is 4.98 Å². The molecule has 3 N–H and O–H groups in total. The van der Waals surface area contributed by atoms with Crippen molar-refractivity contribution < 1.29 is 5.11 Å². The van der Waals surface area contributed by atoms with Gasteiger partial charge >= 0.3 is 0 Å². The largest absolute Gasteiger partial charge is 0.395 e. The fourth-order valence-corrected chi connectivity index (χ4v) is 1.99. The molecule has 18 heavy (non-hydrogen) atoms. The first-order valence-corrected chi connectivity index (χ1v) is 6.59. The Hall–Kier alpha value is -1.10. The predicted octanol–water partition coefficient (Wildman–Crippen LogP) is 2.21. The molecule has 4 nitrogen and oxygen atoms in total. The Kier molecular flexibility index (Phi) is 6.12.